The molecule has 0 spiro atoms. The van der Waals surface area contributed by atoms with E-state index in [1.807, 2.05) is 56.3 Å². The summed E-state index contributed by atoms with van der Waals surface area (Å²) >= 11 is 0. The van der Waals surface area contributed by atoms with Gasteiger partial charge in [-0.25, -0.2) is 0 Å². The van der Waals surface area contributed by atoms with Crippen molar-refractivity contribution in [1.29, 1.82) is 0 Å². The fourth-order valence-corrected chi connectivity index (χ4v) is 3.90. The highest BCUT2D eigenvalue weighted by atomic mass is 127. The largest absolute Gasteiger partial charge is 0.495 e. The summed E-state index contributed by atoms with van der Waals surface area (Å²) in [6.45, 7) is 6.55. The lowest BCUT2D eigenvalue weighted by Gasteiger charge is -2.22. The maximum absolute atomic E-state index is 12.0. The lowest BCUT2D eigenvalue weighted by Crippen LogP contribution is -2.44. The highest BCUT2D eigenvalue weighted by Gasteiger charge is 2.25. The quantitative estimate of drug-likeness (QED) is 0.254. The zero-order chi connectivity index (χ0) is 22.9. The van der Waals surface area contributed by atoms with Crippen molar-refractivity contribution in [2.45, 2.75) is 39.3 Å². The molecular weight excluding hydrogens is 529 g/mol. The van der Waals surface area contributed by atoms with E-state index in [4.69, 9.17) is 4.74 Å². The molecular formula is C25H36IN5O2. The number of methoxy groups -OCH3 is 1. The average Bonchev–Trinajstić information content (AvgIpc) is 3.24. The zero-order valence-corrected chi connectivity index (χ0v) is 22.3. The van der Waals surface area contributed by atoms with Gasteiger partial charge in [-0.05, 0) is 42.2 Å². The zero-order valence-electron chi connectivity index (χ0n) is 19.9. The molecule has 3 rings (SSSR count). The van der Waals surface area contributed by atoms with Crippen LogP contribution in [0.2, 0.25) is 0 Å². The molecule has 3 N–H and O–H groups in total. The van der Waals surface area contributed by atoms with E-state index in [0.717, 1.165) is 48.2 Å². The van der Waals surface area contributed by atoms with Crippen LogP contribution < -0.4 is 25.6 Å². The normalized spacial score (nSPS) is 15.7. The summed E-state index contributed by atoms with van der Waals surface area (Å²) < 4.78 is 5.51. The summed E-state index contributed by atoms with van der Waals surface area (Å²) in [5.74, 6) is 2.05. The molecule has 0 bridgehead atoms. The number of amides is 1. The number of ether oxygens (including phenoxy) is 1. The lowest BCUT2D eigenvalue weighted by atomic mass is 10.1. The predicted octanol–water partition coefficient (Wildman–Crippen LogP) is 4.24. The monoisotopic (exact) mass is 565 g/mol. The lowest BCUT2D eigenvalue weighted by molar-refractivity contribution is -0.116. The predicted molar refractivity (Wildman–Crippen MR) is 147 cm³/mol. The molecule has 1 saturated heterocycles. The summed E-state index contributed by atoms with van der Waals surface area (Å²) in [5.41, 5.74) is 3.03. The minimum Gasteiger partial charge on any atom is -0.495 e. The third-order valence-electron chi connectivity index (χ3n) is 5.44. The van der Waals surface area contributed by atoms with E-state index in [1.165, 1.54) is 0 Å². The summed E-state index contributed by atoms with van der Waals surface area (Å²) in [4.78, 5) is 18.8. The van der Waals surface area contributed by atoms with Crippen molar-refractivity contribution in [3.05, 3.63) is 54.1 Å². The van der Waals surface area contributed by atoms with Gasteiger partial charge in [0.25, 0.3) is 0 Å². The van der Waals surface area contributed by atoms with Gasteiger partial charge in [0.05, 0.1) is 12.8 Å². The molecule has 1 heterocycles. The molecule has 0 radical (unpaired) electrons. The second kappa shape index (κ2) is 13.3. The van der Waals surface area contributed by atoms with Crippen LogP contribution in [0.4, 0.5) is 11.4 Å². The average molecular weight is 566 g/mol. The van der Waals surface area contributed by atoms with Gasteiger partial charge in [-0.2, -0.15) is 0 Å². The molecule has 180 valence electrons. The summed E-state index contributed by atoms with van der Waals surface area (Å²) in [6.07, 6.45) is 1.54. The number of nitrogens with one attached hydrogen (secondary N) is 3. The first-order chi connectivity index (χ1) is 15.5. The van der Waals surface area contributed by atoms with Gasteiger partial charge in [0.2, 0.25) is 5.91 Å². The van der Waals surface area contributed by atoms with E-state index in [1.54, 1.807) is 14.2 Å². The molecule has 1 fully saturated rings. The van der Waals surface area contributed by atoms with Crippen molar-refractivity contribution in [2.24, 2.45) is 10.9 Å². The third-order valence-corrected chi connectivity index (χ3v) is 5.44. The van der Waals surface area contributed by atoms with Crippen LogP contribution in [-0.2, 0) is 11.3 Å². The van der Waals surface area contributed by atoms with Crippen molar-refractivity contribution in [1.82, 2.24) is 10.6 Å². The van der Waals surface area contributed by atoms with Crippen LogP contribution >= 0.6 is 24.0 Å². The first kappa shape index (κ1) is 26.8. The molecule has 8 heteroatoms. The van der Waals surface area contributed by atoms with E-state index in [2.05, 4.69) is 31.9 Å². The molecule has 1 unspecified atom stereocenters. The van der Waals surface area contributed by atoms with Crippen LogP contribution in [0.15, 0.2) is 53.5 Å². The van der Waals surface area contributed by atoms with Crippen molar-refractivity contribution in [3.63, 3.8) is 0 Å². The van der Waals surface area contributed by atoms with Crippen LogP contribution in [0.5, 0.6) is 5.75 Å². The second-order valence-electron chi connectivity index (χ2n) is 8.52. The molecule has 0 aromatic heterocycles. The standard InChI is InChI=1S/C25H35N5O2.HI/c1-18(2)14-24(31)28-20-9-7-8-19(15-20)16-27-25(26-3)29-21-12-13-30(17-21)22-10-5-6-11-23(22)32-4;/h5-11,15,18,21H,12-14,16-17H2,1-4H3,(H,28,31)(H2,26,27,29);1H. The van der Waals surface area contributed by atoms with E-state index < -0.39 is 0 Å². The number of rotatable bonds is 8. The van der Waals surface area contributed by atoms with Gasteiger partial charge < -0.3 is 25.6 Å². The minimum atomic E-state index is 0. The number of para-hydroxylation sites is 2. The summed E-state index contributed by atoms with van der Waals surface area (Å²) in [5, 5.41) is 9.89. The highest BCUT2D eigenvalue weighted by molar-refractivity contribution is 14.0. The fraction of sp³-hybridized carbons (Fsp3) is 0.440. The Hall–Kier alpha value is -2.49. The Morgan fingerprint density at radius 2 is 2.00 bits per heavy atom. The van der Waals surface area contributed by atoms with E-state index in [9.17, 15) is 4.79 Å². The Kier molecular flexibility index (Phi) is 10.8. The molecule has 1 aliphatic rings. The first-order valence-electron chi connectivity index (χ1n) is 11.2. The topological polar surface area (TPSA) is 78.0 Å². The summed E-state index contributed by atoms with van der Waals surface area (Å²) in [6, 6.07) is 16.3. The Balaban J connectivity index is 0.00000385. The number of aliphatic imine (C=N–C) groups is 1. The highest BCUT2D eigenvalue weighted by Crippen LogP contribution is 2.30. The van der Waals surface area contributed by atoms with Crippen LogP contribution in [-0.4, -0.2) is 45.2 Å². The molecule has 7 nitrogen and oxygen atoms in total. The Labute approximate surface area is 214 Å². The van der Waals surface area contributed by atoms with Crippen LogP contribution in [0.3, 0.4) is 0 Å². The van der Waals surface area contributed by atoms with Gasteiger partial charge in [0.1, 0.15) is 5.75 Å². The number of halogens is 1. The smallest absolute Gasteiger partial charge is 0.224 e. The Morgan fingerprint density at radius 1 is 1.21 bits per heavy atom. The number of nitrogens with zero attached hydrogens (tertiary/aromatic N) is 2. The fourth-order valence-electron chi connectivity index (χ4n) is 3.90. The molecule has 1 aliphatic heterocycles. The van der Waals surface area contributed by atoms with Crippen LogP contribution in [0.25, 0.3) is 0 Å². The number of hydrogen-bond acceptors (Lipinski definition) is 4. The molecule has 0 aliphatic carbocycles. The Bertz CT molecular complexity index is 935. The summed E-state index contributed by atoms with van der Waals surface area (Å²) in [7, 11) is 3.49. The van der Waals surface area contributed by atoms with Crippen LogP contribution in [0, 0.1) is 5.92 Å². The maximum Gasteiger partial charge on any atom is 0.224 e. The third kappa shape index (κ3) is 8.10. The van der Waals surface area contributed by atoms with Crippen molar-refractivity contribution < 1.29 is 9.53 Å². The van der Waals surface area contributed by atoms with E-state index in [-0.39, 0.29) is 29.9 Å². The van der Waals surface area contributed by atoms with Gasteiger partial charge in [0, 0.05) is 44.8 Å². The molecule has 2 aromatic rings. The van der Waals surface area contributed by atoms with Crippen molar-refractivity contribution in [3.8, 4) is 5.75 Å². The number of benzene rings is 2. The molecule has 2 aromatic carbocycles. The van der Waals surface area contributed by atoms with Crippen molar-refractivity contribution >= 4 is 47.2 Å². The second-order valence-corrected chi connectivity index (χ2v) is 8.52. The van der Waals surface area contributed by atoms with Crippen molar-refractivity contribution in [2.75, 3.05) is 37.5 Å². The van der Waals surface area contributed by atoms with Gasteiger partial charge in [-0.15, -0.1) is 24.0 Å². The first-order valence-corrected chi connectivity index (χ1v) is 11.2. The number of hydrogen-bond donors (Lipinski definition) is 3. The molecule has 1 atom stereocenters. The van der Waals surface area contributed by atoms with E-state index >= 15 is 0 Å². The van der Waals surface area contributed by atoms with Gasteiger partial charge in [-0.3, -0.25) is 9.79 Å². The SMILES string of the molecule is CN=C(NCc1cccc(NC(=O)CC(C)C)c1)NC1CCN(c2ccccc2OC)C1.I. The van der Waals surface area contributed by atoms with E-state index in [0.29, 0.717) is 24.9 Å². The maximum atomic E-state index is 12.0. The Morgan fingerprint density at radius 3 is 2.73 bits per heavy atom. The van der Waals surface area contributed by atoms with Gasteiger partial charge in [0.15, 0.2) is 5.96 Å². The van der Waals surface area contributed by atoms with Gasteiger partial charge >= 0.3 is 0 Å². The number of carbonyl (C=O) groups excluding carboxylic acids is 1. The van der Waals surface area contributed by atoms with Crippen LogP contribution in [0.1, 0.15) is 32.3 Å². The molecule has 1 amide bonds. The number of anilines is 2. The molecule has 0 saturated carbocycles. The number of carbonyl (C=O) groups is 1. The molecule has 33 heavy (non-hydrogen) atoms. The minimum absolute atomic E-state index is 0. The number of guanidine groups is 1. The van der Waals surface area contributed by atoms with Gasteiger partial charge in [-0.1, -0.05) is 38.1 Å².